The summed E-state index contributed by atoms with van der Waals surface area (Å²) in [4.78, 5) is 48.6. The zero-order chi connectivity index (χ0) is 43.3. The molecular weight excluding hydrogens is 795 g/mol. The number of aromatic nitrogens is 6. The Bertz CT molecular complexity index is 2530. The van der Waals surface area contributed by atoms with Crippen molar-refractivity contribution in [2.24, 2.45) is 0 Å². The van der Waals surface area contributed by atoms with E-state index in [1.165, 1.54) is 86.4 Å². The summed E-state index contributed by atoms with van der Waals surface area (Å²) < 4.78 is 55.9. The van der Waals surface area contributed by atoms with Crippen LogP contribution in [0.2, 0.25) is 0 Å². The van der Waals surface area contributed by atoms with E-state index >= 15 is 0 Å². The quantitative estimate of drug-likeness (QED) is 0.0882. The zero-order valence-electron chi connectivity index (χ0n) is 32.9. The molecule has 0 radical (unpaired) electrons. The topological polar surface area (TPSA) is 184 Å². The standard InChI is InChI=1S/C23H22F2N4O2.C22H19F2N3O3/c1-26-22(31)14-4-5-19(30)17(9-14)15-12-28-20(29-13-15)6-7-23(10-16(24)11-23)21-18(25)3-2-8-27-21;23-15-9-22(10-15,20-17(24)2-1-7-25-20)6-5-19-26-11-14(12-27-19)16-8-13(21(29)30)3-4-18(16)28/h2-5,8-9,12-13,16,30H,6-7,10-11H2,1H3,(H,26,31);1-4,7-8,11-12,15,28H,5-6,9-10H2,(H,29,30). The molecule has 0 saturated heterocycles. The third kappa shape index (κ3) is 9.17. The molecule has 4 aromatic heterocycles. The second kappa shape index (κ2) is 17.8. The van der Waals surface area contributed by atoms with Crippen LogP contribution in [0.25, 0.3) is 22.3 Å². The molecule has 6 aromatic rings. The molecule has 4 N–H and O–H groups in total. The summed E-state index contributed by atoms with van der Waals surface area (Å²) in [5.41, 5.74) is 1.51. The zero-order valence-corrected chi connectivity index (χ0v) is 32.9. The van der Waals surface area contributed by atoms with Gasteiger partial charge in [0.25, 0.3) is 5.91 Å². The number of carboxylic acid groups (broad SMARTS) is 1. The van der Waals surface area contributed by atoms with Crippen LogP contribution in [0.4, 0.5) is 17.6 Å². The number of carboxylic acids is 1. The minimum absolute atomic E-state index is 0.0111. The normalized spacial score (nSPS) is 20.3. The number of hydrogen-bond donors (Lipinski definition) is 4. The maximum atomic E-state index is 14.3. The van der Waals surface area contributed by atoms with Crippen LogP contribution in [0.1, 0.15) is 82.3 Å². The lowest BCUT2D eigenvalue weighted by Gasteiger charge is -2.44. The predicted octanol–water partition coefficient (Wildman–Crippen LogP) is 7.83. The van der Waals surface area contributed by atoms with Crippen molar-refractivity contribution in [1.82, 2.24) is 35.2 Å². The lowest BCUT2D eigenvalue weighted by atomic mass is 9.62. The molecule has 1 amide bonds. The van der Waals surface area contributed by atoms with E-state index < -0.39 is 40.8 Å². The molecular formula is C45H41F4N7O5. The van der Waals surface area contributed by atoms with Crippen LogP contribution >= 0.6 is 0 Å². The molecule has 2 aliphatic rings. The number of nitrogens with zero attached hydrogens (tertiary/aromatic N) is 6. The molecule has 2 aliphatic carbocycles. The molecule has 2 saturated carbocycles. The molecule has 0 atom stereocenters. The van der Waals surface area contributed by atoms with Gasteiger partial charge in [-0.15, -0.1) is 0 Å². The summed E-state index contributed by atoms with van der Waals surface area (Å²) in [6, 6.07) is 14.2. The number of nitrogens with one attached hydrogen (secondary N) is 1. The van der Waals surface area contributed by atoms with Crippen LogP contribution < -0.4 is 5.32 Å². The van der Waals surface area contributed by atoms with Gasteiger partial charge in [-0.1, -0.05) is 0 Å². The van der Waals surface area contributed by atoms with Crippen LogP contribution in [0, 0.1) is 11.6 Å². The number of phenolic OH excluding ortho intramolecular Hbond substituents is 2. The summed E-state index contributed by atoms with van der Waals surface area (Å²) in [6.07, 6.45) is 9.92. The molecule has 12 nitrogen and oxygen atoms in total. The minimum atomic E-state index is -1.10. The lowest BCUT2D eigenvalue weighted by Crippen LogP contribution is -2.44. The monoisotopic (exact) mass is 835 g/mol. The molecule has 4 heterocycles. The fourth-order valence-electron chi connectivity index (χ4n) is 8.06. The average molecular weight is 836 g/mol. The molecule has 8 rings (SSSR count). The first-order valence-electron chi connectivity index (χ1n) is 19.5. The lowest BCUT2D eigenvalue weighted by molar-refractivity contribution is 0.0696. The van der Waals surface area contributed by atoms with Crippen LogP contribution in [0.5, 0.6) is 11.5 Å². The molecule has 2 fully saturated rings. The van der Waals surface area contributed by atoms with Gasteiger partial charge in [-0.3, -0.25) is 14.8 Å². The van der Waals surface area contributed by atoms with Crippen molar-refractivity contribution in [1.29, 1.82) is 0 Å². The largest absolute Gasteiger partial charge is 0.507 e. The number of amides is 1. The molecule has 16 heteroatoms. The van der Waals surface area contributed by atoms with E-state index in [4.69, 9.17) is 5.11 Å². The van der Waals surface area contributed by atoms with E-state index in [0.29, 0.717) is 70.8 Å². The Labute approximate surface area is 347 Å². The SMILES string of the molecule is CNC(=O)c1ccc(O)c(-c2cnc(CCC3(c4ncccc4F)CC(F)C3)nc2)c1.O=C(O)c1ccc(O)c(-c2cnc(CCC3(c4ncccc4F)CC(F)C3)nc2)c1. The van der Waals surface area contributed by atoms with E-state index in [0.717, 1.165) is 0 Å². The Morgan fingerprint density at radius 3 is 1.44 bits per heavy atom. The summed E-state index contributed by atoms with van der Waals surface area (Å²) in [6.45, 7) is 0. The van der Waals surface area contributed by atoms with Crippen molar-refractivity contribution >= 4 is 11.9 Å². The Kier molecular flexibility index (Phi) is 12.3. The van der Waals surface area contributed by atoms with E-state index in [2.05, 4.69) is 35.2 Å². The van der Waals surface area contributed by atoms with Gasteiger partial charge in [0.2, 0.25) is 0 Å². The summed E-state index contributed by atoms with van der Waals surface area (Å²) in [5.74, 6) is -1.27. The summed E-state index contributed by atoms with van der Waals surface area (Å²) in [7, 11) is 1.53. The first-order valence-corrected chi connectivity index (χ1v) is 19.5. The molecule has 2 aromatic carbocycles. The third-order valence-corrected chi connectivity index (χ3v) is 11.4. The maximum Gasteiger partial charge on any atom is 0.335 e. The molecule has 0 aliphatic heterocycles. The highest BCUT2D eigenvalue weighted by atomic mass is 19.1. The highest BCUT2D eigenvalue weighted by Crippen LogP contribution is 2.49. The van der Waals surface area contributed by atoms with Crippen LogP contribution in [-0.2, 0) is 23.7 Å². The van der Waals surface area contributed by atoms with Crippen LogP contribution in [0.15, 0.2) is 97.8 Å². The molecule has 314 valence electrons. The average Bonchev–Trinajstić information content (AvgIpc) is 3.24. The predicted molar refractivity (Wildman–Crippen MR) is 215 cm³/mol. The van der Waals surface area contributed by atoms with Gasteiger partial charge in [0.1, 0.15) is 47.1 Å². The number of carbonyl (C=O) groups excluding carboxylic acids is 1. The summed E-state index contributed by atoms with van der Waals surface area (Å²) >= 11 is 0. The van der Waals surface area contributed by atoms with Crippen molar-refractivity contribution in [3.8, 4) is 33.8 Å². The van der Waals surface area contributed by atoms with Crippen molar-refractivity contribution in [2.75, 3.05) is 7.05 Å². The van der Waals surface area contributed by atoms with Gasteiger partial charge in [-0.05, 0) is 99.2 Å². The summed E-state index contributed by atoms with van der Waals surface area (Å²) in [5, 5.41) is 31.9. The molecule has 61 heavy (non-hydrogen) atoms. The number of hydrogen-bond acceptors (Lipinski definition) is 10. The van der Waals surface area contributed by atoms with Gasteiger partial charge in [0.05, 0.1) is 17.0 Å². The number of aryl methyl sites for hydroxylation is 2. The third-order valence-electron chi connectivity index (χ3n) is 11.4. The van der Waals surface area contributed by atoms with Gasteiger partial charge in [-0.2, -0.15) is 0 Å². The number of alkyl halides is 2. The Morgan fingerprint density at radius 1 is 0.656 bits per heavy atom. The van der Waals surface area contributed by atoms with Gasteiger partial charge >= 0.3 is 5.97 Å². The van der Waals surface area contributed by atoms with Crippen molar-refractivity contribution in [2.45, 2.75) is 74.5 Å². The van der Waals surface area contributed by atoms with Gasteiger partial charge < -0.3 is 20.6 Å². The van der Waals surface area contributed by atoms with Gasteiger partial charge in [-0.25, -0.2) is 42.3 Å². The van der Waals surface area contributed by atoms with Crippen molar-refractivity contribution < 1.29 is 42.5 Å². The fourth-order valence-corrected chi connectivity index (χ4v) is 8.06. The van der Waals surface area contributed by atoms with Crippen LogP contribution in [0.3, 0.4) is 0 Å². The van der Waals surface area contributed by atoms with E-state index in [-0.39, 0.29) is 54.3 Å². The number of aromatic carboxylic acids is 1. The van der Waals surface area contributed by atoms with E-state index in [9.17, 15) is 37.4 Å². The molecule has 0 spiro atoms. The molecule has 0 unspecified atom stereocenters. The Morgan fingerprint density at radius 2 is 1.07 bits per heavy atom. The number of halogens is 4. The number of phenols is 2. The second-order valence-corrected chi connectivity index (χ2v) is 15.4. The van der Waals surface area contributed by atoms with Crippen LogP contribution in [-0.4, -0.2) is 76.5 Å². The first-order chi connectivity index (χ1) is 29.3. The maximum absolute atomic E-state index is 14.3. The highest BCUT2D eigenvalue weighted by Gasteiger charge is 2.49. The van der Waals surface area contributed by atoms with E-state index in [1.54, 1.807) is 18.5 Å². The minimum Gasteiger partial charge on any atom is -0.507 e. The van der Waals surface area contributed by atoms with Gasteiger partial charge in [0, 0.05) is 95.7 Å². The number of rotatable bonds is 12. The van der Waals surface area contributed by atoms with E-state index in [1.807, 2.05) is 0 Å². The molecule has 0 bridgehead atoms. The Balaban J connectivity index is 0.000000184. The second-order valence-electron chi connectivity index (χ2n) is 15.4. The number of pyridine rings is 2. The highest BCUT2D eigenvalue weighted by molar-refractivity contribution is 5.96. The Hall–Kier alpha value is -6.84. The smallest absolute Gasteiger partial charge is 0.335 e. The first kappa shape index (κ1) is 42.3. The van der Waals surface area contributed by atoms with Gasteiger partial charge in [0.15, 0.2) is 0 Å². The van der Waals surface area contributed by atoms with Crippen molar-refractivity contribution in [3.05, 3.63) is 144 Å². The number of aromatic hydroxyl groups is 2. The fraction of sp³-hybridized carbons (Fsp3) is 0.289. The van der Waals surface area contributed by atoms with Crippen molar-refractivity contribution in [3.63, 3.8) is 0 Å². The number of benzene rings is 2. The number of carbonyl (C=O) groups is 2.